The van der Waals surface area contributed by atoms with Crippen LogP contribution in [0.2, 0.25) is 0 Å². The van der Waals surface area contributed by atoms with Gasteiger partial charge in [-0.1, -0.05) is 23.4 Å². The highest BCUT2D eigenvalue weighted by Gasteiger charge is 2.48. The van der Waals surface area contributed by atoms with Crippen LogP contribution in [-0.2, 0) is 5.60 Å². The largest absolute Gasteiger partial charge is 0.434 e. The number of benzene rings is 2. The summed E-state index contributed by atoms with van der Waals surface area (Å²) in [6.07, 6.45) is 2.57. The smallest absolute Gasteiger partial charge is 0.387 e. The quantitative estimate of drug-likeness (QED) is 0.374. The van der Waals surface area contributed by atoms with Gasteiger partial charge in [-0.25, -0.2) is 4.98 Å². The molecule has 5 heterocycles. The van der Waals surface area contributed by atoms with Gasteiger partial charge in [0.1, 0.15) is 17.2 Å². The first kappa shape index (κ1) is 26.2. The number of fused-ring (bicyclic) bond motifs is 9. The van der Waals surface area contributed by atoms with E-state index in [0.717, 1.165) is 28.1 Å². The van der Waals surface area contributed by atoms with E-state index in [0.29, 0.717) is 35.6 Å². The van der Waals surface area contributed by atoms with Gasteiger partial charge in [0.2, 0.25) is 0 Å². The van der Waals surface area contributed by atoms with Crippen LogP contribution < -0.4 is 10.1 Å². The number of alkyl halides is 2. The molecule has 2 aromatic carbocycles. The Kier molecular flexibility index (Phi) is 5.85. The molecule has 3 aliphatic heterocycles. The maximum Gasteiger partial charge on any atom is 0.387 e. The highest BCUT2D eigenvalue weighted by molar-refractivity contribution is 6.60. The lowest BCUT2D eigenvalue weighted by molar-refractivity contribution is -0.0507. The van der Waals surface area contributed by atoms with Crippen molar-refractivity contribution in [1.82, 2.24) is 24.8 Å². The molecule has 200 valence electrons. The van der Waals surface area contributed by atoms with E-state index in [2.05, 4.69) is 10.3 Å². The van der Waals surface area contributed by atoms with Crippen LogP contribution in [0.3, 0.4) is 0 Å². The summed E-state index contributed by atoms with van der Waals surface area (Å²) in [6.45, 7) is -1.92. The minimum absolute atomic E-state index is 0.113. The third-order valence-corrected chi connectivity index (χ3v) is 8.27. The van der Waals surface area contributed by atoms with Crippen molar-refractivity contribution in [2.24, 2.45) is 0 Å². The lowest BCUT2D eigenvalue weighted by atomic mass is 9.48. The number of carbonyl (C=O) groups is 1. The number of imidazole rings is 1. The maximum absolute atomic E-state index is 13.7. The summed E-state index contributed by atoms with van der Waals surface area (Å²) in [6, 6.07) is 12.5. The molecule has 0 saturated carbocycles. The van der Waals surface area contributed by atoms with Crippen LogP contribution in [0.15, 0.2) is 54.7 Å². The minimum atomic E-state index is -3.09. The van der Waals surface area contributed by atoms with Crippen LogP contribution >= 0.6 is 0 Å². The van der Waals surface area contributed by atoms with E-state index in [-0.39, 0.29) is 17.7 Å². The Bertz CT molecular complexity index is 1690. The van der Waals surface area contributed by atoms with Gasteiger partial charge in [0.15, 0.2) is 0 Å². The summed E-state index contributed by atoms with van der Waals surface area (Å²) in [5.74, 6) is -0.217. The predicted octanol–water partition coefficient (Wildman–Crippen LogP) is 2.49. The monoisotopic (exact) mass is 547 g/mol. The molecule has 3 atom stereocenters. The lowest BCUT2D eigenvalue weighted by Gasteiger charge is -2.41. The molecule has 13 heteroatoms. The van der Waals surface area contributed by atoms with Gasteiger partial charge in [-0.2, -0.15) is 8.78 Å². The number of aromatic nitrogens is 3. The van der Waals surface area contributed by atoms with Gasteiger partial charge < -0.3 is 24.6 Å². The van der Waals surface area contributed by atoms with Gasteiger partial charge in [0.05, 0.1) is 52.3 Å². The molecule has 2 aromatic heterocycles. The average molecular weight is 547 g/mol. The third kappa shape index (κ3) is 4.08. The van der Waals surface area contributed by atoms with Crippen molar-refractivity contribution >= 4 is 40.5 Å². The first-order chi connectivity index (χ1) is 19.5. The zero-order chi connectivity index (χ0) is 28.7. The van der Waals surface area contributed by atoms with Crippen LogP contribution in [0, 0.1) is 0 Å². The van der Waals surface area contributed by atoms with Gasteiger partial charge in [-0.05, 0) is 48.9 Å². The molecule has 7 rings (SSSR count). The van der Waals surface area contributed by atoms with E-state index < -0.39 is 35.4 Å². The number of hydrogen-bond donors (Lipinski definition) is 2. The van der Waals surface area contributed by atoms with E-state index in [1.807, 2.05) is 34.9 Å². The number of nitrogens with one attached hydrogen (secondary N) is 1. The molecule has 1 unspecified atom stereocenters. The van der Waals surface area contributed by atoms with E-state index >= 15 is 0 Å². The summed E-state index contributed by atoms with van der Waals surface area (Å²) in [7, 11) is 18.3. The molecule has 0 spiro atoms. The van der Waals surface area contributed by atoms with Crippen LogP contribution in [-0.4, -0.2) is 78.9 Å². The number of pyridine rings is 1. The number of halogens is 2. The van der Waals surface area contributed by atoms with Gasteiger partial charge in [-0.15, -0.1) is 0 Å². The summed E-state index contributed by atoms with van der Waals surface area (Å²) in [5.41, 5.74) is 3.04. The van der Waals surface area contributed by atoms with Gasteiger partial charge in [0.25, 0.3) is 5.91 Å². The molecule has 0 aliphatic carbocycles. The van der Waals surface area contributed by atoms with Gasteiger partial charge >= 0.3 is 6.61 Å². The van der Waals surface area contributed by atoms with Crippen LogP contribution in [0.1, 0.15) is 52.4 Å². The molecular formula is C28H22B3F2N5O3. The number of rotatable bonds is 5. The molecule has 41 heavy (non-hydrogen) atoms. The van der Waals surface area contributed by atoms with Gasteiger partial charge in [-0.3, -0.25) is 9.78 Å². The summed E-state index contributed by atoms with van der Waals surface area (Å²) < 4.78 is 33.7. The summed E-state index contributed by atoms with van der Waals surface area (Å²) >= 11 is 0. The highest BCUT2D eigenvalue weighted by Crippen LogP contribution is 2.51. The molecule has 6 radical (unpaired) electrons. The average Bonchev–Trinajstić information content (AvgIpc) is 3.60. The second-order valence-electron chi connectivity index (χ2n) is 10.9. The van der Waals surface area contributed by atoms with E-state index in [9.17, 15) is 18.7 Å². The Labute approximate surface area is 238 Å². The number of ether oxygens (including phenoxy) is 1. The maximum atomic E-state index is 13.7. The van der Waals surface area contributed by atoms with Crippen molar-refractivity contribution in [2.75, 3.05) is 13.1 Å². The molecular weight excluding hydrogens is 525 g/mol. The Hall–Kier alpha value is -3.70. The first-order valence-corrected chi connectivity index (χ1v) is 13.2. The standard InChI is InChI=1S/C28H22B3F2N5O3/c29-28(30,31)38-20-11-19(23-16(25(38)39)2-1-3-21(23)41-26(32)33)37-18-10-14(4-6-17(18)36-24(20)37)15-5-7-22(35-12-15)27(40)8-9-34-13-27/h1-7,10,12,19-20,26,34,40H,8-9,11,13H2/t19-,20-,27?/m1/s1. The Morgan fingerprint density at radius 1 is 1.12 bits per heavy atom. The van der Waals surface area contributed by atoms with Crippen molar-refractivity contribution in [2.45, 2.75) is 42.4 Å². The second kappa shape index (κ2) is 9.16. The fourth-order valence-corrected chi connectivity index (χ4v) is 6.47. The highest BCUT2D eigenvalue weighted by atomic mass is 19.3. The normalized spacial score (nSPS) is 23.6. The van der Waals surface area contributed by atoms with Crippen molar-refractivity contribution in [1.29, 1.82) is 0 Å². The van der Waals surface area contributed by atoms with E-state index in [1.54, 1.807) is 6.20 Å². The van der Waals surface area contributed by atoms with Crippen molar-refractivity contribution in [3.8, 4) is 16.9 Å². The van der Waals surface area contributed by atoms with Crippen LogP contribution in [0.4, 0.5) is 8.78 Å². The molecule has 1 saturated heterocycles. The summed E-state index contributed by atoms with van der Waals surface area (Å²) in [5, 5.41) is 12.0. The SMILES string of the molecule is [B]C([B])([B])N1C(=O)c2cccc(OC(F)F)c2[C@H]2C[C@@H]1c1nc3ccc(-c4ccc(C5(O)CCNC5)nc4)cc3n12. The Morgan fingerprint density at radius 2 is 1.93 bits per heavy atom. The topological polar surface area (TPSA) is 92.5 Å². The fourth-order valence-electron chi connectivity index (χ4n) is 6.47. The number of carbonyl (C=O) groups excluding carboxylic acids is 1. The Balaban J connectivity index is 1.38. The van der Waals surface area contributed by atoms with Crippen molar-refractivity contribution in [3.05, 3.63) is 77.4 Å². The van der Waals surface area contributed by atoms with Crippen LogP contribution in [0.25, 0.3) is 22.2 Å². The number of β-amino-alcohol motifs (C(OH)–C–C–N with tert-alkyl or cyclic N) is 1. The van der Waals surface area contributed by atoms with E-state index in [4.69, 9.17) is 33.3 Å². The Morgan fingerprint density at radius 3 is 2.61 bits per heavy atom. The zero-order valence-electron chi connectivity index (χ0n) is 21.8. The fraction of sp³-hybridized carbons (Fsp3) is 0.321. The van der Waals surface area contributed by atoms with Crippen molar-refractivity contribution < 1.29 is 23.4 Å². The number of hydrogen-bond acceptors (Lipinski definition) is 6. The lowest BCUT2D eigenvalue weighted by Crippen LogP contribution is -2.54. The zero-order valence-corrected chi connectivity index (χ0v) is 21.8. The van der Waals surface area contributed by atoms with E-state index in [1.165, 1.54) is 18.2 Å². The van der Waals surface area contributed by atoms with Crippen LogP contribution in [0.5, 0.6) is 5.75 Å². The van der Waals surface area contributed by atoms with Crippen molar-refractivity contribution in [3.63, 3.8) is 0 Å². The molecule has 3 aliphatic rings. The molecule has 4 aromatic rings. The molecule has 2 bridgehead atoms. The molecule has 8 nitrogen and oxygen atoms in total. The third-order valence-electron chi connectivity index (χ3n) is 8.27. The second-order valence-corrected chi connectivity index (χ2v) is 10.9. The predicted molar refractivity (Wildman–Crippen MR) is 149 cm³/mol. The minimum Gasteiger partial charge on any atom is -0.434 e. The first-order valence-electron chi connectivity index (χ1n) is 13.2. The number of amides is 1. The van der Waals surface area contributed by atoms with Gasteiger partial charge in [0, 0.05) is 35.9 Å². The number of aliphatic hydroxyl groups is 1. The molecule has 1 fully saturated rings. The molecule has 1 amide bonds. The summed E-state index contributed by atoms with van der Waals surface area (Å²) in [4.78, 5) is 24.2. The number of nitrogens with zero attached hydrogens (tertiary/aromatic N) is 4. The molecule has 2 N–H and O–H groups in total.